The molecule has 6 nitrogen and oxygen atoms in total. The molecule has 0 fully saturated rings. The highest BCUT2D eigenvalue weighted by Crippen LogP contribution is 2.16. The van der Waals surface area contributed by atoms with Crippen LogP contribution in [0.2, 0.25) is 0 Å². The molecule has 2 aromatic rings. The molecule has 7 heteroatoms. The largest absolute Gasteiger partial charge is 0.468 e. The summed E-state index contributed by atoms with van der Waals surface area (Å²) in [6, 6.07) is 9.97. The van der Waals surface area contributed by atoms with Gasteiger partial charge in [0, 0.05) is 17.3 Å². The van der Waals surface area contributed by atoms with Crippen molar-refractivity contribution in [3.8, 4) is 0 Å². The summed E-state index contributed by atoms with van der Waals surface area (Å²) in [5, 5.41) is 4.61. The summed E-state index contributed by atoms with van der Waals surface area (Å²) in [7, 11) is 1.29. The van der Waals surface area contributed by atoms with Crippen molar-refractivity contribution in [2.75, 3.05) is 19.0 Å². The van der Waals surface area contributed by atoms with Gasteiger partial charge in [0.2, 0.25) is 0 Å². The predicted molar refractivity (Wildman–Crippen MR) is 96.9 cm³/mol. The molecule has 2 rings (SSSR count). The molecule has 0 aliphatic rings. The van der Waals surface area contributed by atoms with Gasteiger partial charge in [-0.25, -0.2) is 0 Å². The zero-order valence-electron chi connectivity index (χ0n) is 14.3. The topological polar surface area (TPSA) is 75.7 Å². The first-order valence-electron chi connectivity index (χ1n) is 7.75. The number of benzene rings is 1. The van der Waals surface area contributed by atoms with E-state index in [4.69, 9.17) is 0 Å². The summed E-state index contributed by atoms with van der Waals surface area (Å²) >= 11 is 1.36. The van der Waals surface area contributed by atoms with Crippen molar-refractivity contribution >= 4 is 34.8 Å². The lowest BCUT2D eigenvalue weighted by atomic mass is 10.1. The highest BCUT2D eigenvalue weighted by molar-refractivity contribution is 7.12. The summed E-state index contributed by atoms with van der Waals surface area (Å²) in [6.45, 7) is 3.55. The maximum absolute atomic E-state index is 12.6. The first-order chi connectivity index (χ1) is 11.9. The molecule has 0 aliphatic heterocycles. The average molecular weight is 360 g/mol. The molecule has 0 aliphatic carbocycles. The maximum Gasteiger partial charge on any atom is 0.325 e. The van der Waals surface area contributed by atoms with Gasteiger partial charge in [-0.3, -0.25) is 14.4 Å². The Morgan fingerprint density at radius 1 is 1.16 bits per heavy atom. The molecule has 0 unspecified atom stereocenters. The molecular weight excluding hydrogens is 340 g/mol. The molecule has 2 amide bonds. The van der Waals surface area contributed by atoms with Crippen LogP contribution in [0.15, 0.2) is 41.8 Å². The van der Waals surface area contributed by atoms with Crippen LogP contribution in [-0.4, -0.2) is 42.4 Å². The van der Waals surface area contributed by atoms with E-state index in [9.17, 15) is 14.4 Å². The number of methoxy groups -OCH3 is 1. The highest BCUT2D eigenvalue weighted by atomic mass is 32.1. The lowest BCUT2D eigenvalue weighted by molar-refractivity contribution is -0.141. The second kappa shape index (κ2) is 8.43. The number of thiophene rings is 1. The Hall–Kier alpha value is -2.67. The molecule has 25 heavy (non-hydrogen) atoms. The summed E-state index contributed by atoms with van der Waals surface area (Å²) in [4.78, 5) is 38.1. The normalized spacial score (nSPS) is 10.4. The fourth-order valence-corrected chi connectivity index (χ4v) is 2.77. The van der Waals surface area contributed by atoms with Crippen molar-refractivity contribution in [2.45, 2.75) is 19.9 Å². The molecule has 0 bridgehead atoms. The Labute approximate surface area is 150 Å². The summed E-state index contributed by atoms with van der Waals surface area (Å²) in [6.07, 6.45) is 0. The molecular formula is C18H20N2O4S. The van der Waals surface area contributed by atoms with Gasteiger partial charge < -0.3 is 15.0 Å². The molecule has 0 saturated heterocycles. The van der Waals surface area contributed by atoms with E-state index in [1.165, 1.54) is 23.3 Å². The molecule has 132 valence electrons. The van der Waals surface area contributed by atoms with Crippen LogP contribution in [-0.2, 0) is 9.53 Å². The fourth-order valence-electron chi connectivity index (χ4n) is 2.15. The van der Waals surface area contributed by atoms with E-state index in [0.717, 1.165) is 0 Å². The van der Waals surface area contributed by atoms with Crippen LogP contribution in [0.1, 0.15) is 33.9 Å². The number of hydrogen-bond acceptors (Lipinski definition) is 5. The Kier molecular flexibility index (Phi) is 6.30. The van der Waals surface area contributed by atoms with Crippen LogP contribution < -0.4 is 5.32 Å². The van der Waals surface area contributed by atoms with Crippen LogP contribution in [0, 0.1) is 0 Å². The number of anilines is 1. The smallest absolute Gasteiger partial charge is 0.325 e. The van der Waals surface area contributed by atoms with Gasteiger partial charge in [0.15, 0.2) is 0 Å². The van der Waals surface area contributed by atoms with E-state index in [1.807, 2.05) is 25.3 Å². The molecule has 1 aromatic heterocycles. The van der Waals surface area contributed by atoms with Crippen LogP contribution in [0.5, 0.6) is 0 Å². The quantitative estimate of drug-likeness (QED) is 0.804. The van der Waals surface area contributed by atoms with Crippen molar-refractivity contribution in [3.63, 3.8) is 0 Å². The van der Waals surface area contributed by atoms with E-state index in [0.29, 0.717) is 16.1 Å². The first kappa shape index (κ1) is 18.7. The zero-order valence-corrected chi connectivity index (χ0v) is 15.1. The monoisotopic (exact) mass is 360 g/mol. The third-order valence-electron chi connectivity index (χ3n) is 3.55. The van der Waals surface area contributed by atoms with Crippen molar-refractivity contribution in [1.29, 1.82) is 0 Å². The van der Waals surface area contributed by atoms with Crippen LogP contribution in [0.25, 0.3) is 0 Å². The molecule has 1 heterocycles. The van der Waals surface area contributed by atoms with Gasteiger partial charge in [0.1, 0.15) is 6.54 Å². The molecule has 1 aromatic carbocycles. The average Bonchev–Trinajstić information content (AvgIpc) is 3.14. The Balaban J connectivity index is 2.08. The molecule has 1 N–H and O–H groups in total. The lowest BCUT2D eigenvalue weighted by Gasteiger charge is -2.25. The van der Waals surface area contributed by atoms with Gasteiger partial charge in [-0.2, -0.15) is 0 Å². The Morgan fingerprint density at radius 2 is 1.84 bits per heavy atom. The number of nitrogens with one attached hydrogen (secondary N) is 1. The van der Waals surface area contributed by atoms with E-state index in [2.05, 4.69) is 10.1 Å². The zero-order chi connectivity index (χ0) is 18.4. The minimum atomic E-state index is -0.470. The second-order valence-corrected chi connectivity index (χ2v) is 6.56. The van der Waals surface area contributed by atoms with Crippen molar-refractivity contribution in [2.24, 2.45) is 0 Å². The molecule has 0 radical (unpaired) electrons. The van der Waals surface area contributed by atoms with Crippen molar-refractivity contribution in [3.05, 3.63) is 52.2 Å². The van der Waals surface area contributed by atoms with E-state index in [1.54, 1.807) is 30.3 Å². The number of nitrogens with zero attached hydrogens (tertiary/aromatic N) is 1. The minimum Gasteiger partial charge on any atom is -0.468 e. The first-order valence-corrected chi connectivity index (χ1v) is 8.63. The number of hydrogen-bond donors (Lipinski definition) is 1. The maximum atomic E-state index is 12.6. The minimum absolute atomic E-state index is 0.107. The van der Waals surface area contributed by atoms with Gasteiger partial charge in [-0.05, 0) is 49.6 Å². The van der Waals surface area contributed by atoms with Crippen molar-refractivity contribution in [1.82, 2.24) is 4.90 Å². The highest BCUT2D eigenvalue weighted by Gasteiger charge is 2.22. The van der Waals surface area contributed by atoms with Crippen LogP contribution in [0.3, 0.4) is 0 Å². The van der Waals surface area contributed by atoms with E-state index >= 15 is 0 Å². The van der Waals surface area contributed by atoms with Gasteiger partial charge in [-0.1, -0.05) is 6.07 Å². The number of rotatable bonds is 6. The number of ether oxygens (including phenoxy) is 1. The predicted octanol–water partition coefficient (Wildman–Crippen LogP) is 3.02. The van der Waals surface area contributed by atoms with Gasteiger partial charge in [-0.15, -0.1) is 11.3 Å². The molecule has 0 saturated carbocycles. The third kappa shape index (κ3) is 4.90. The summed E-state index contributed by atoms with van der Waals surface area (Å²) in [5.41, 5.74) is 1.03. The van der Waals surface area contributed by atoms with Crippen LogP contribution in [0.4, 0.5) is 5.69 Å². The number of esters is 1. The van der Waals surface area contributed by atoms with Gasteiger partial charge >= 0.3 is 5.97 Å². The van der Waals surface area contributed by atoms with Crippen molar-refractivity contribution < 1.29 is 19.1 Å². The second-order valence-electron chi connectivity index (χ2n) is 5.61. The van der Waals surface area contributed by atoms with Gasteiger partial charge in [0.05, 0.1) is 12.0 Å². The van der Waals surface area contributed by atoms with Crippen LogP contribution >= 0.6 is 11.3 Å². The third-order valence-corrected chi connectivity index (χ3v) is 4.41. The van der Waals surface area contributed by atoms with E-state index in [-0.39, 0.29) is 24.4 Å². The molecule has 0 atom stereocenters. The summed E-state index contributed by atoms with van der Waals surface area (Å²) < 4.78 is 4.64. The summed E-state index contributed by atoms with van der Waals surface area (Å²) in [5.74, 6) is -0.929. The standard InChI is InChI=1S/C18H20N2O4S/c1-12(2)20(11-16(21)24-3)18(23)13-6-8-14(9-7-13)19-17(22)15-5-4-10-25-15/h4-10,12H,11H2,1-3H3,(H,19,22). The van der Waals surface area contributed by atoms with E-state index < -0.39 is 5.97 Å². The SMILES string of the molecule is COC(=O)CN(C(=O)c1ccc(NC(=O)c2cccs2)cc1)C(C)C. The lowest BCUT2D eigenvalue weighted by Crippen LogP contribution is -2.41. The Bertz CT molecular complexity index is 739. The number of carbonyl (C=O) groups is 3. The molecule has 0 spiro atoms. The Morgan fingerprint density at radius 3 is 2.36 bits per heavy atom. The fraction of sp³-hybridized carbons (Fsp3) is 0.278. The number of carbonyl (C=O) groups excluding carboxylic acids is 3. The van der Waals surface area contributed by atoms with Gasteiger partial charge in [0.25, 0.3) is 11.8 Å². The number of amides is 2.